The standard InChI is InChI=1S/C29H30N4O3/c1-31(2)23-15-11-20(12-16-23)18-30-27(34)22-13-9-21(10-14-22)19-33-25-7-4-3-6-24(25)28(35)32-17-5-8-26(32)29(33)36/h3-4,6-7,9-16,26H,5,8,17-19H2,1-2H3,(H,30,34)/t26-/m0/s1. The fraction of sp³-hybridized carbons (Fsp3) is 0.276. The summed E-state index contributed by atoms with van der Waals surface area (Å²) in [5.41, 5.74) is 4.79. The summed E-state index contributed by atoms with van der Waals surface area (Å²) in [5.74, 6) is -0.276. The van der Waals surface area contributed by atoms with Crippen molar-refractivity contribution in [3.05, 3.63) is 95.1 Å². The van der Waals surface area contributed by atoms with E-state index in [0.29, 0.717) is 42.9 Å². The average molecular weight is 483 g/mol. The lowest BCUT2D eigenvalue weighted by atomic mass is 10.1. The summed E-state index contributed by atoms with van der Waals surface area (Å²) in [6.07, 6.45) is 1.52. The summed E-state index contributed by atoms with van der Waals surface area (Å²) in [7, 11) is 3.98. The number of benzene rings is 3. The monoisotopic (exact) mass is 482 g/mol. The minimum absolute atomic E-state index is 0.0482. The van der Waals surface area contributed by atoms with Crippen molar-refractivity contribution in [1.29, 1.82) is 0 Å². The molecular weight excluding hydrogens is 452 g/mol. The van der Waals surface area contributed by atoms with Crippen LogP contribution in [-0.4, -0.2) is 49.3 Å². The van der Waals surface area contributed by atoms with Gasteiger partial charge in [-0.25, -0.2) is 0 Å². The molecule has 0 aromatic heterocycles. The van der Waals surface area contributed by atoms with E-state index in [2.05, 4.69) is 5.32 Å². The Morgan fingerprint density at radius 2 is 1.64 bits per heavy atom. The highest BCUT2D eigenvalue weighted by atomic mass is 16.2. The number of rotatable bonds is 6. The topological polar surface area (TPSA) is 73.0 Å². The maximum absolute atomic E-state index is 13.5. The third-order valence-corrected chi connectivity index (χ3v) is 6.95. The van der Waals surface area contributed by atoms with E-state index in [9.17, 15) is 14.4 Å². The van der Waals surface area contributed by atoms with Crippen molar-refractivity contribution in [3.63, 3.8) is 0 Å². The first-order valence-electron chi connectivity index (χ1n) is 12.3. The van der Waals surface area contributed by atoms with Crippen LogP contribution >= 0.6 is 0 Å². The number of carbonyl (C=O) groups is 3. The van der Waals surface area contributed by atoms with Gasteiger partial charge in [0.1, 0.15) is 6.04 Å². The number of para-hydroxylation sites is 1. The number of hydrogen-bond donors (Lipinski definition) is 1. The van der Waals surface area contributed by atoms with Gasteiger partial charge in [0.25, 0.3) is 11.8 Å². The van der Waals surface area contributed by atoms with Gasteiger partial charge < -0.3 is 20.0 Å². The lowest BCUT2D eigenvalue weighted by Crippen LogP contribution is -2.44. The van der Waals surface area contributed by atoms with Crippen LogP contribution in [0.15, 0.2) is 72.8 Å². The van der Waals surface area contributed by atoms with Gasteiger partial charge in [-0.1, -0.05) is 36.4 Å². The van der Waals surface area contributed by atoms with Crippen molar-refractivity contribution in [2.24, 2.45) is 0 Å². The van der Waals surface area contributed by atoms with Crippen molar-refractivity contribution in [2.45, 2.75) is 32.0 Å². The third-order valence-electron chi connectivity index (χ3n) is 6.95. The van der Waals surface area contributed by atoms with Crippen LogP contribution in [0.5, 0.6) is 0 Å². The molecule has 1 fully saturated rings. The van der Waals surface area contributed by atoms with Crippen molar-refractivity contribution < 1.29 is 14.4 Å². The fourth-order valence-electron chi connectivity index (χ4n) is 4.91. The van der Waals surface area contributed by atoms with Crippen LogP contribution in [0.2, 0.25) is 0 Å². The Labute approximate surface area is 211 Å². The zero-order valence-electron chi connectivity index (χ0n) is 20.6. The Morgan fingerprint density at radius 3 is 2.36 bits per heavy atom. The molecule has 0 unspecified atom stereocenters. The molecule has 36 heavy (non-hydrogen) atoms. The lowest BCUT2D eigenvalue weighted by Gasteiger charge is -2.26. The Morgan fingerprint density at radius 1 is 0.944 bits per heavy atom. The minimum atomic E-state index is -0.415. The maximum Gasteiger partial charge on any atom is 0.256 e. The number of carbonyl (C=O) groups excluding carboxylic acids is 3. The molecule has 5 rings (SSSR count). The van der Waals surface area contributed by atoms with Gasteiger partial charge in [-0.2, -0.15) is 0 Å². The predicted molar refractivity (Wildman–Crippen MR) is 140 cm³/mol. The number of nitrogens with one attached hydrogen (secondary N) is 1. The van der Waals surface area contributed by atoms with Gasteiger partial charge in [-0.05, 0) is 60.4 Å². The van der Waals surface area contributed by atoms with Gasteiger partial charge in [-0.15, -0.1) is 0 Å². The molecule has 1 saturated heterocycles. The molecule has 1 atom stereocenters. The molecule has 0 saturated carbocycles. The quantitative estimate of drug-likeness (QED) is 0.580. The summed E-state index contributed by atoms with van der Waals surface area (Å²) in [4.78, 5) is 44.7. The van der Waals surface area contributed by atoms with Gasteiger partial charge in [0.2, 0.25) is 5.91 Å². The summed E-state index contributed by atoms with van der Waals surface area (Å²) < 4.78 is 0. The van der Waals surface area contributed by atoms with E-state index in [1.807, 2.05) is 73.6 Å². The van der Waals surface area contributed by atoms with Crippen LogP contribution in [0.3, 0.4) is 0 Å². The maximum atomic E-state index is 13.5. The van der Waals surface area contributed by atoms with Gasteiger partial charge in [-0.3, -0.25) is 14.4 Å². The van der Waals surface area contributed by atoms with Gasteiger partial charge >= 0.3 is 0 Å². The number of hydrogen-bond acceptors (Lipinski definition) is 4. The Bertz CT molecular complexity index is 1280. The van der Waals surface area contributed by atoms with Crippen LogP contribution < -0.4 is 15.1 Å². The molecule has 1 N–H and O–H groups in total. The molecule has 0 bridgehead atoms. The van der Waals surface area contributed by atoms with Gasteiger partial charge in [0, 0.05) is 38.4 Å². The Kier molecular flexibility index (Phi) is 6.46. The van der Waals surface area contributed by atoms with Crippen molar-refractivity contribution in [2.75, 3.05) is 30.4 Å². The number of nitrogens with zero attached hydrogens (tertiary/aromatic N) is 3. The molecule has 3 amide bonds. The number of amides is 3. The molecule has 184 valence electrons. The average Bonchev–Trinajstić information content (AvgIpc) is 3.38. The van der Waals surface area contributed by atoms with E-state index < -0.39 is 6.04 Å². The molecule has 7 nitrogen and oxygen atoms in total. The van der Waals surface area contributed by atoms with E-state index in [0.717, 1.165) is 23.2 Å². The molecular formula is C29H30N4O3. The zero-order valence-corrected chi connectivity index (χ0v) is 20.6. The Hall–Kier alpha value is -4.13. The molecule has 0 radical (unpaired) electrons. The van der Waals surface area contributed by atoms with E-state index in [-0.39, 0.29) is 17.7 Å². The second kappa shape index (κ2) is 9.85. The second-order valence-corrected chi connectivity index (χ2v) is 9.54. The lowest BCUT2D eigenvalue weighted by molar-refractivity contribution is -0.122. The number of anilines is 2. The van der Waals surface area contributed by atoms with E-state index in [1.54, 1.807) is 28.0 Å². The van der Waals surface area contributed by atoms with E-state index >= 15 is 0 Å². The minimum Gasteiger partial charge on any atom is -0.378 e. The summed E-state index contributed by atoms with van der Waals surface area (Å²) >= 11 is 0. The van der Waals surface area contributed by atoms with E-state index in [4.69, 9.17) is 0 Å². The SMILES string of the molecule is CN(C)c1ccc(CNC(=O)c2ccc(CN3C(=O)[C@@H]4CCCN4C(=O)c4ccccc43)cc2)cc1. The predicted octanol–water partition coefficient (Wildman–Crippen LogP) is 3.83. The summed E-state index contributed by atoms with van der Waals surface area (Å²) in [5, 5.41) is 2.96. The fourth-order valence-corrected chi connectivity index (χ4v) is 4.91. The van der Waals surface area contributed by atoms with Crippen LogP contribution in [0.4, 0.5) is 11.4 Å². The summed E-state index contributed by atoms with van der Waals surface area (Å²) in [6.45, 7) is 1.40. The molecule has 2 heterocycles. The Balaban J connectivity index is 1.28. The number of fused-ring (bicyclic) bond motifs is 2. The van der Waals surface area contributed by atoms with E-state index in [1.165, 1.54) is 0 Å². The first kappa shape index (κ1) is 23.6. The molecule has 0 spiro atoms. The second-order valence-electron chi connectivity index (χ2n) is 9.54. The van der Waals surface area contributed by atoms with Crippen molar-refractivity contribution in [3.8, 4) is 0 Å². The van der Waals surface area contributed by atoms with Crippen molar-refractivity contribution in [1.82, 2.24) is 10.2 Å². The molecule has 2 aliphatic heterocycles. The zero-order chi connectivity index (χ0) is 25.2. The van der Waals surface area contributed by atoms with Crippen LogP contribution in [-0.2, 0) is 17.9 Å². The highest BCUT2D eigenvalue weighted by Gasteiger charge is 2.41. The first-order valence-corrected chi connectivity index (χ1v) is 12.3. The molecule has 0 aliphatic carbocycles. The summed E-state index contributed by atoms with van der Waals surface area (Å²) in [6, 6.07) is 22.3. The third kappa shape index (κ3) is 4.56. The van der Waals surface area contributed by atoms with Crippen LogP contribution in [0, 0.1) is 0 Å². The largest absolute Gasteiger partial charge is 0.378 e. The smallest absolute Gasteiger partial charge is 0.256 e. The molecule has 2 aliphatic rings. The van der Waals surface area contributed by atoms with Gasteiger partial charge in [0.05, 0.1) is 17.8 Å². The van der Waals surface area contributed by atoms with Crippen LogP contribution in [0.1, 0.15) is 44.7 Å². The van der Waals surface area contributed by atoms with Crippen molar-refractivity contribution >= 4 is 29.1 Å². The van der Waals surface area contributed by atoms with Gasteiger partial charge in [0.15, 0.2) is 0 Å². The molecule has 3 aromatic rings. The highest BCUT2D eigenvalue weighted by Crippen LogP contribution is 2.33. The highest BCUT2D eigenvalue weighted by molar-refractivity contribution is 6.11. The normalized spacial score (nSPS) is 16.9. The molecule has 3 aromatic carbocycles. The molecule has 7 heteroatoms. The first-order chi connectivity index (χ1) is 17.4. The van der Waals surface area contributed by atoms with Crippen LogP contribution in [0.25, 0.3) is 0 Å².